The fourth-order valence-electron chi connectivity index (χ4n) is 3.41. The van der Waals surface area contributed by atoms with Gasteiger partial charge in [-0.05, 0) is 36.4 Å². The second kappa shape index (κ2) is 6.90. The Balaban J connectivity index is 1.62. The summed E-state index contributed by atoms with van der Waals surface area (Å²) in [6, 6.07) is 12.4. The van der Waals surface area contributed by atoms with E-state index in [1.165, 1.54) is 21.8 Å². The highest BCUT2D eigenvalue weighted by Gasteiger charge is 2.36. The summed E-state index contributed by atoms with van der Waals surface area (Å²) in [6.07, 6.45) is 3.11. The van der Waals surface area contributed by atoms with E-state index in [2.05, 4.69) is 4.98 Å². The molecule has 134 valence electrons. The maximum atomic E-state index is 13.1. The molecule has 0 saturated carbocycles. The minimum absolute atomic E-state index is 0.00346. The number of sulfonamides is 1. The number of ketones is 1. The first-order valence-corrected chi connectivity index (χ1v) is 10.8. The third-order valence-electron chi connectivity index (χ3n) is 4.71. The Bertz CT molecular complexity index is 1050. The molecule has 0 radical (unpaired) electrons. The van der Waals surface area contributed by atoms with Gasteiger partial charge in [-0.25, -0.2) is 8.42 Å². The number of benzene rings is 1. The van der Waals surface area contributed by atoms with Crippen LogP contribution in [0, 0.1) is 0 Å². The van der Waals surface area contributed by atoms with E-state index in [4.69, 9.17) is 0 Å². The third-order valence-corrected chi connectivity index (χ3v) is 7.54. The number of fused-ring (bicyclic) bond motifs is 1. The van der Waals surface area contributed by atoms with Crippen molar-refractivity contribution in [2.45, 2.75) is 30.2 Å². The van der Waals surface area contributed by atoms with Gasteiger partial charge in [-0.15, -0.1) is 11.3 Å². The SMILES string of the molecule is O=C(CC1CCCN1S(=O)(=O)c1cnc2ccccc2c1)c1cccs1. The summed E-state index contributed by atoms with van der Waals surface area (Å²) < 4.78 is 27.7. The minimum atomic E-state index is -3.67. The first kappa shape index (κ1) is 17.3. The molecule has 1 fully saturated rings. The number of hydrogen-bond acceptors (Lipinski definition) is 5. The van der Waals surface area contributed by atoms with Gasteiger partial charge in [0.2, 0.25) is 10.0 Å². The predicted molar refractivity (Wildman–Crippen MR) is 102 cm³/mol. The summed E-state index contributed by atoms with van der Waals surface area (Å²) in [6.45, 7) is 0.442. The van der Waals surface area contributed by atoms with E-state index in [1.807, 2.05) is 35.7 Å². The topological polar surface area (TPSA) is 67.3 Å². The second-order valence-electron chi connectivity index (χ2n) is 6.38. The summed E-state index contributed by atoms with van der Waals surface area (Å²) in [5, 5.41) is 2.65. The van der Waals surface area contributed by atoms with Gasteiger partial charge in [0, 0.05) is 30.6 Å². The van der Waals surface area contributed by atoms with E-state index in [9.17, 15) is 13.2 Å². The molecule has 1 atom stereocenters. The van der Waals surface area contributed by atoms with Crippen molar-refractivity contribution in [1.29, 1.82) is 0 Å². The number of thiophene rings is 1. The van der Waals surface area contributed by atoms with Crippen LogP contribution in [0.15, 0.2) is 58.9 Å². The number of aromatic nitrogens is 1. The Kier molecular flexibility index (Phi) is 4.60. The Hall–Kier alpha value is -2.09. The Morgan fingerprint density at radius 2 is 2.08 bits per heavy atom. The smallest absolute Gasteiger partial charge is 0.244 e. The zero-order valence-corrected chi connectivity index (χ0v) is 15.7. The van der Waals surface area contributed by atoms with Gasteiger partial charge in [0.05, 0.1) is 10.4 Å². The van der Waals surface area contributed by atoms with Crippen molar-refractivity contribution in [2.24, 2.45) is 0 Å². The molecule has 1 aliphatic heterocycles. The summed E-state index contributed by atoms with van der Waals surface area (Å²) >= 11 is 1.39. The van der Waals surface area contributed by atoms with Gasteiger partial charge in [0.25, 0.3) is 0 Å². The monoisotopic (exact) mass is 386 g/mol. The van der Waals surface area contributed by atoms with Crippen LogP contribution in [0.4, 0.5) is 0 Å². The number of rotatable bonds is 5. The lowest BCUT2D eigenvalue weighted by Crippen LogP contribution is -2.36. The lowest BCUT2D eigenvalue weighted by atomic mass is 10.1. The van der Waals surface area contributed by atoms with E-state index in [0.717, 1.165) is 17.3 Å². The van der Waals surface area contributed by atoms with Crippen LogP contribution in [0.3, 0.4) is 0 Å². The largest absolute Gasteiger partial charge is 0.293 e. The molecular weight excluding hydrogens is 368 g/mol. The summed E-state index contributed by atoms with van der Waals surface area (Å²) in [5.74, 6) is 0.00346. The van der Waals surface area contributed by atoms with E-state index >= 15 is 0 Å². The lowest BCUT2D eigenvalue weighted by Gasteiger charge is -2.23. The van der Waals surface area contributed by atoms with Crippen LogP contribution in [-0.4, -0.2) is 36.1 Å². The van der Waals surface area contributed by atoms with Crippen LogP contribution < -0.4 is 0 Å². The highest BCUT2D eigenvalue weighted by molar-refractivity contribution is 7.89. The van der Waals surface area contributed by atoms with E-state index in [-0.39, 0.29) is 23.1 Å². The molecule has 1 unspecified atom stereocenters. The molecule has 4 rings (SSSR count). The number of carbonyl (C=O) groups excluding carboxylic acids is 1. The highest BCUT2D eigenvalue weighted by atomic mass is 32.2. The lowest BCUT2D eigenvalue weighted by molar-refractivity contribution is 0.0965. The molecule has 0 N–H and O–H groups in total. The Morgan fingerprint density at radius 3 is 2.88 bits per heavy atom. The first-order valence-electron chi connectivity index (χ1n) is 8.49. The highest BCUT2D eigenvalue weighted by Crippen LogP contribution is 2.30. The van der Waals surface area contributed by atoms with Gasteiger partial charge >= 0.3 is 0 Å². The maximum absolute atomic E-state index is 13.1. The van der Waals surface area contributed by atoms with Crippen molar-refractivity contribution in [3.8, 4) is 0 Å². The molecule has 0 bridgehead atoms. The van der Waals surface area contributed by atoms with E-state index in [1.54, 1.807) is 12.1 Å². The van der Waals surface area contributed by atoms with Crippen LogP contribution >= 0.6 is 11.3 Å². The zero-order chi connectivity index (χ0) is 18.1. The number of hydrogen-bond donors (Lipinski definition) is 0. The molecule has 26 heavy (non-hydrogen) atoms. The predicted octanol–water partition coefficient (Wildman–Crippen LogP) is 3.72. The van der Waals surface area contributed by atoms with E-state index in [0.29, 0.717) is 17.8 Å². The van der Waals surface area contributed by atoms with Gasteiger partial charge in [-0.1, -0.05) is 24.3 Å². The number of nitrogens with zero attached hydrogens (tertiary/aromatic N) is 2. The molecule has 0 spiro atoms. The quantitative estimate of drug-likeness (QED) is 0.627. The molecule has 3 heterocycles. The fraction of sp³-hybridized carbons (Fsp3) is 0.263. The van der Waals surface area contributed by atoms with Crippen LogP contribution in [0.25, 0.3) is 10.9 Å². The average Bonchev–Trinajstić information content (AvgIpc) is 3.33. The van der Waals surface area contributed by atoms with Crippen LogP contribution in [-0.2, 0) is 10.0 Å². The molecular formula is C19H18N2O3S2. The summed E-state index contributed by atoms with van der Waals surface area (Å²) in [4.78, 5) is 17.6. The normalized spacial score (nSPS) is 18.4. The summed E-state index contributed by atoms with van der Waals surface area (Å²) in [7, 11) is -3.67. The van der Waals surface area contributed by atoms with Crippen molar-refractivity contribution >= 4 is 38.0 Å². The second-order valence-corrected chi connectivity index (χ2v) is 9.22. The van der Waals surface area contributed by atoms with Crippen molar-refractivity contribution in [3.63, 3.8) is 0 Å². The van der Waals surface area contributed by atoms with Gasteiger partial charge in [-0.2, -0.15) is 4.31 Å². The summed E-state index contributed by atoms with van der Waals surface area (Å²) in [5.41, 5.74) is 0.761. The van der Waals surface area contributed by atoms with Gasteiger partial charge in [-0.3, -0.25) is 9.78 Å². The van der Waals surface area contributed by atoms with Crippen molar-refractivity contribution < 1.29 is 13.2 Å². The average molecular weight is 386 g/mol. The Labute approximate surface area is 156 Å². The molecule has 5 nitrogen and oxygen atoms in total. The molecule has 1 saturated heterocycles. The molecule has 0 aliphatic carbocycles. The van der Waals surface area contributed by atoms with Crippen molar-refractivity contribution in [1.82, 2.24) is 9.29 Å². The standard InChI is InChI=1S/C19H18N2O3S2/c22-18(19-8-4-10-25-19)12-15-6-3-9-21(15)26(23,24)16-11-14-5-1-2-7-17(14)20-13-16/h1-2,4-5,7-8,10-11,13,15H,3,6,9,12H2. The number of pyridine rings is 1. The number of carbonyl (C=O) groups is 1. The molecule has 1 aromatic carbocycles. The van der Waals surface area contributed by atoms with Crippen molar-refractivity contribution in [3.05, 3.63) is 58.9 Å². The Morgan fingerprint density at radius 1 is 1.23 bits per heavy atom. The maximum Gasteiger partial charge on any atom is 0.244 e. The molecule has 1 aliphatic rings. The van der Waals surface area contributed by atoms with Gasteiger partial charge < -0.3 is 0 Å². The first-order chi connectivity index (χ1) is 12.6. The molecule has 3 aromatic rings. The van der Waals surface area contributed by atoms with Crippen LogP contribution in [0.1, 0.15) is 28.9 Å². The molecule has 2 aromatic heterocycles. The van der Waals surface area contributed by atoms with Gasteiger partial charge in [0.15, 0.2) is 5.78 Å². The fourth-order valence-corrected chi connectivity index (χ4v) is 5.76. The zero-order valence-electron chi connectivity index (χ0n) is 14.0. The number of Topliss-reactive ketones (excluding diaryl/α,β-unsaturated/α-hetero) is 1. The molecule has 0 amide bonds. The minimum Gasteiger partial charge on any atom is -0.293 e. The molecule has 7 heteroatoms. The van der Waals surface area contributed by atoms with E-state index < -0.39 is 10.0 Å². The van der Waals surface area contributed by atoms with Crippen LogP contribution in [0.2, 0.25) is 0 Å². The number of para-hydroxylation sites is 1. The third kappa shape index (κ3) is 3.18. The van der Waals surface area contributed by atoms with Crippen molar-refractivity contribution in [2.75, 3.05) is 6.54 Å². The van der Waals surface area contributed by atoms with Crippen LogP contribution in [0.5, 0.6) is 0 Å². The van der Waals surface area contributed by atoms with Gasteiger partial charge in [0.1, 0.15) is 4.90 Å².